The predicted molar refractivity (Wildman–Crippen MR) is 104 cm³/mol. The van der Waals surface area contributed by atoms with E-state index in [0.29, 0.717) is 18.0 Å². The summed E-state index contributed by atoms with van der Waals surface area (Å²) in [4.78, 5) is 18.9. The maximum Gasteiger partial charge on any atom is 0.261 e. The summed E-state index contributed by atoms with van der Waals surface area (Å²) < 4.78 is 5.45. The molecule has 1 N–H and O–H groups in total. The van der Waals surface area contributed by atoms with Gasteiger partial charge in [-0.2, -0.15) is 0 Å². The van der Waals surface area contributed by atoms with Gasteiger partial charge in [0.05, 0.1) is 12.2 Å². The molecule has 5 heteroatoms. The van der Waals surface area contributed by atoms with Gasteiger partial charge in [0.2, 0.25) is 0 Å². The van der Waals surface area contributed by atoms with E-state index in [2.05, 4.69) is 10.3 Å². The first-order valence-electron chi connectivity index (χ1n) is 8.47. The van der Waals surface area contributed by atoms with Crippen LogP contribution in [0.5, 0.6) is 5.75 Å². The Morgan fingerprint density at radius 1 is 1.04 bits per heavy atom. The normalized spacial score (nSPS) is 10.2. The monoisotopic (exact) mass is 347 g/mol. The molecule has 2 aromatic carbocycles. The molecule has 1 amide bonds. The van der Waals surface area contributed by atoms with Crippen LogP contribution in [0.3, 0.4) is 0 Å². The molecule has 0 bridgehead atoms. The number of para-hydroxylation sites is 1. The Bertz CT molecular complexity index is 864. The third-order valence-electron chi connectivity index (χ3n) is 3.91. The van der Waals surface area contributed by atoms with Crippen LogP contribution in [0.25, 0.3) is 0 Å². The minimum Gasteiger partial charge on any atom is -0.494 e. The standard InChI is InChI=1S/C21H21N3O2/c1-3-26-18-13-11-16(12-14-18)23-20-19(10-7-15-22-20)21(25)24(2)17-8-5-4-6-9-17/h4-15H,3H2,1-2H3,(H,22,23). The lowest BCUT2D eigenvalue weighted by molar-refractivity contribution is 0.0993. The molecule has 1 heterocycles. The molecule has 0 aliphatic carbocycles. The molecule has 0 aliphatic heterocycles. The Balaban J connectivity index is 1.82. The first kappa shape index (κ1) is 17.5. The van der Waals surface area contributed by atoms with Crippen molar-refractivity contribution in [3.05, 3.63) is 78.5 Å². The van der Waals surface area contributed by atoms with Crippen LogP contribution in [0.2, 0.25) is 0 Å². The molecule has 0 fully saturated rings. The molecule has 0 spiro atoms. The Labute approximate surface area is 153 Å². The van der Waals surface area contributed by atoms with Gasteiger partial charge in [0, 0.05) is 24.6 Å². The van der Waals surface area contributed by atoms with E-state index in [9.17, 15) is 4.79 Å². The van der Waals surface area contributed by atoms with Gasteiger partial charge in [-0.1, -0.05) is 18.2 Å². The van der Waals surface area contributed by atoms with E-state index >= 15 is 0 Å². The van der Waals surface area contributed by atoms with Crippen molar-refractivity contribution in [3.8, 4) is 5.75 Å². The molecule has 0 atom stereocenters. The summed E-state index contributed by atoms with van der Waals surface area (Å²) in [7, 11) is 1.76. The van der Waals surface area contributed by atoms with Crippen molar-refractivity contribution in [1.82, 2.24) is 4.98 Å². The predicted octanol–water partition coefficient (Wildman–Crippen LogP) is 4.50. The highest BCUT2D eigenvalue weighted by Crippen LogP contribution is 2.23. The van der Waals surface area contributed by atoms with Crippen molar-refractivity contribution in [2.75, 3.05) is 23.9 Å². The third kappa shape index (κ3) is 4.00. The number of carbonyl (C=O) groups excluding carboxylic acids is 1. The second kappa shape index (κ2) is 8.16. The summed E-state index contributed by atoms with van der Waals surface area (Å²) in [5.41, 5.74) is 2.17. The smallest absolute Gasteiger partial charge is 0.261 e. The summed E-state index contributed by atoms with van der Waals surface area (Å²) in [6, 6.07) is 20.6. The molecule has 3 aromatic rings. The molecule has 26 heavy (non-hydrogen) atoms. The number of aromatic nitrogens is 1. The number of rotatable bonds is 6. The highest BCUT2D eigenvalue weighted by Gasteiger charge is 2.18. The maximum atomic E-state index is 12.9. The molecule has 132 valence electrons. The van der Waals surface area contributed by atoms with E-state index in [1.54, 1.807) is 30.3 Å². The highest BCUT2D eigenvalue weighted by molar-refractivity contribution is 6.09. The first-order chi connectivity index (χ1) is 12.7. The van der Waals surface area contributed by atoms with Gasteiger partial charge in [-0.3, -0.25) is 4.79 Å². The minimum absolute atomic E-state index is 0.127. The molecule has 0 aliphatic rings. The molecule has 0 unspecified atom stereocenters. The third-order valence-corrected chi connectivity index (χ3v) is 3.91. The van der Waals surface area contributed by atoms with Crippen LogP contribution in [-0.2, 0) is 0 Å². The van der Waals surface area contributed by atoms with Crippen molar-refractivity contribution in [1.29, 1.82) is 0 Å². The molecule has 0 radical (unpaired) electrons. The molecular weight excluding hydrogens is 326 g/mol. The van der Waals surface area contributed by atoms with Crippen molar-refractivity contribution in [2.24, 2.45) is 0 Å². The van der Waals surface area contributed by atoms with Gasteiger partial charge in [-0.15, -0.1) is 0 Å². The van der Waals surface area contributed by atoms with Crippen LogP contribution >= 0.6 is 0 Å². The number of hydrogen-bond donors (Lipinski definition) is 1. The average molecular weight is 347 g/mol. The fourth-order valence-electron chi connectivity index (χ4n) is 2.56. The summed E-state index contributed by atoms with van der Waals surface area (Å²) in [5.74, 6) is 1.20. The summed E-state index contributed by atoms with van der Waals surface area (Å²) >= 11 is 0. The second-order valence-electron chi connectivity index (χ2n) is 5.68. The number of nitrogens with zero attached hydrogens (tertiary/aromatic N) is 2. The van der Waals surface area contributed by atoms with Gasteiger partial charge in [0.15, 0.2) is 0 Å². The Hall–Kier alpha value is -3.34. The number of ether oxygens (including phenoxy) is 1. The van der Waals surface area contributed by atoms with Crippen LogP contribution in [0.15, 0.2) is 72.9 Å². The van der Waals surface area contributed by atoms with Gasteiger partial charge in [-0.25, -0.2) is 4.98 Å². The van der Waals surface area contributed by atoms with Gasteiger partial charge < -0.3 is 15.0 Å². The van der Waals surface area contributed by atoms with Gasteiger partial charge in [-0.05, 0) is 55.5 Å². The number of benzene rings is 2. The van der Waals surface area contributed by atoms with Crippen LogP contribution in [-0.4, -0.2) is 24.5 Å². The van der Waals surface area contributed by atoms with Crippen molar-refractivity contribution < 1.29 is 9.53 Å². The van der Waals surface area contributed by atoms with Crippen LogP contribution < -0.4 is 15.0 Å². The number of carbonyl (C=O) groups is 1. The van der Waals surface area contributed by atoms with Crippen LogP contribution in [0.1, 0.15) is 17.3 Å². The largest absolute Gasteiger partial charge is 0.494 e. The molecule has 0 saturated carbocycles. The topological polar surface area (TPSA) is 54.5 Å². The number of amides is 1. The van der Waals surface area contributed by atoms with Crippen molar-refractivity contribution in [3.63, 3.8) is 0 Å². The van der Waals surface area contributed by atoms with E-state index in [1.807, 2.05) is 61.5 Å². The van der Waals surface area contributed by atoms with Crippen molar-refractivity contribution >= 4 is 23.1 Å². The summed E-state index contributed by atoms with van der Waals surface area (Å²) in [6.45, 7) is 2.57. The fraction of sp³-hybridized carbons (Fsp3) is 0.143. The van der Waals surface area contributed by atoms with E-state index in [4.69, 9.17) is 4.74 Å². The zero-order valence-electron chi connectivity index (χ0n) is 14.8. The van der Waals surface area contributed by atoms with Gasteiger partial charge in [0.1, 0.15) is 11.6 Å². The SMILES string of the molecule is CCOc1ccc(Nc2ncccc2C(=O)N(C)c2ccccc2)cc1. The van der Waals surface area contributed by atoms with Gasteiger partial charge in [0.25, 0.3) is 5.91 Å². The van der Waals surface area contributed by atoms with E-state index < -0.39 is 0 Å². The first-order valence-corrected chi connectivity index (χ1v) is 8.47. The van der Waals surface area contributed by atoms with Crippen molar-refractivity contribution in [2.45, 2.75) is 6.92 Å². The molecular formula is C21H21N3O2. The summed E-state index contributed by atoms with van der Waals surface area (Å²) in [5, 5.41) is 3.21. The Morgan fingerprint density at radius 3 is 2.46 bits per heavy atom. The lowest BCUT2D eigenvalue weighted by Gasteiger charge is -2.19. The minimum atomic E-state index is -0.127. The van der Waals surface area contributed by atoms with E-state index in [0.717, 1.165) is 17.1 Å². The fourth-order valence-corrected chi connectivity index (χ4v) is 2.56. The van der Waals surface area contributed by atoms with Gasteiger partial charge >= 0.3 is 0 Å². The summed E-state index contributed by atoms with van der Waals surface area (Å²) in [6.07, 6.45) is 1.66. The highest BCUT2D eigenvalue weighted by atomic mass is 16.5. The van der Waals surface area contributed by atoms with E-state index in [1.165, 1.54) is 0 Å². The number of anilines is 3. The zero-order chi connectivity index (χ0) is 18.4. The average Bonchev–Trinajstić information content (AvgIpc) is 2.70. The van der Waals surface area contributed by atoms with Crippen LogP contribution in [0.4, 0.5) is 17.2 Å². The zero-order valence-corrected chi connectivity index (χ0v) is 14.8. The maximum absolute atomic E-state index is 12.9. The number of hydrogen-bond acceptors (Lipinski definition) is 4. The molecule has 1 aromatic heterocycles. The Kier molecular flexibility index (Phi) is 5.49. The van der Waals surface area contributed by atoms with Crippen LogP contribution in [0, 0.1) is 0 Å². The lowest BCUT2D eigenvalue weighted by atomic mass is 10.2. The molecule has 3 rings (SSSR count). The molecule has 5 nitrogen and oxygen atoms in total. The quantitative estimate of drug-likeness (QED) is 0.713. The number of nitrogens with one attached hydrogen (secondary N) is 1. The lowest BCUT2D eigenvalue weighted by Crippen LogP contribution is -2.27. The second-order valence-corrected chi connectivity index (χ2v) is 5.68. The Morgan fingerprint density at radius 2 is 1.77 bits per heavy atom. The van der Waals surface area contributed by atoms with E-state index in [-0.39, 0.29) is 5.91 Å². The molecule has 0 saturated heterocycles. The number of pyridine rings is 1.